The van der Waals surface area contributed by atoms with Crippen LogP contribution in [0, 0.1) is 0 Å². The number of rotatable bonds is 1. The van der Waals surface area contributed by atoms with Gasteiger partial charge in [-0.1, -0.05) is 0 Å². The normalized spacial score (nSPS) is 24.7. The highest BCUT2D eigenvalue weighted by Crippen LogP contribution is 2.18. The summed E-state index contributed by atoms with van der Waals surface area (Å²) < 4.78 is 24.7. The van der Waals surface area contributed by atoms with Gasteiger partial charge in [0.25, 0.3) is 0 Å². The number of halogens is 2. The van der Waals surface area contributed by atoms with Crippen molar-refractivity contribution in [2.24, 2.45) is 0 Å². The number of hydrogen-bond acceptors (Lipinski definition) is 3. The smallest absolute Gasteiger partial charge is 0.324 e. The highest BCUT2D eigenvalue weighted by atomic mass is 19.3. The average Bonchev–Trinajstić information content (AvgIpc) is 2.32. The van der Waals surface area contributed by atoms with E-state index in [1.807, 2.05) is 0 Å². The van der Waals surface area contributed by atoms with Gasteiger partial charge in [-0.25, -0.2) is 5.06 Å². The second-order valence-corrected chi connectivity index (χ2v) is 2.70. The Balaban J connectivity index is 2.55. The second-order valence-electron chi connectivity index (χ2n) is 2.70. The molecule has 1 atom stereocenters. The molecule has 0 bridgehead atoms. The lowest BCUT2D eigenvalue weighted by atomic mass is 10.3. The number of nitrogens with zero attached hydrogens (tertiary/aromatic N) is 1. The molecule has 70 valence electrons. The van der Waals surface area contributed by atoms with Crippen molar-refractivity contribution in [2.75, 3.05) is 13.2 Å². The van der Waals surface area contributed by atoms with Gasteiger partial charge in [-0.05, 0) is 0 Å². The predicted octanol–water partition coefficient (Wildman–Crippen LogP) is -0.224. The number of alkyl halides is 2. The molecular weight excluding hydrogens is 172 g/mol. The first kappa shape index (κ1) is 9.34. The summed E-state index contributed by atoms with van der Waals surface area (Å²) in [5, 5.41) is 9.34. The third-order valence-corrected chi connectivity index (χ3v) is 1.40. The summed E-state index contributed by atoms with van der Waals surface area (Å²) in [5.74, 6) is -4.86. The maximum atomic E-state index is 12.3. The number of β-amino-alcohol motifs (C(OH)–C–C–N with tert-alkyl or cyclic N) is 1. The molecule has 1 heterocycles. The molecule has 1 saturated heterocycles. The van der Waals surface area contributed by atoms with Crippen LogP contribution in [0.25, 0.3) is 0 Å². The highest BCUT2D eigenvalue weighted by molar-refractivity contribution is 5.82. The molecule has 0 spiro atoms. The predicted molar refractivity (Wildman–Crippen MR) is 34.3 cm³/mol. The van der Waals surface area contributed by atoms with Crippen LogP contribution in [-0.2, 0) is 9.63 Å². The van der Waals surface area contributed by atoms with Gasteiger partial charge in [-0.3, -0.25) is 9.63 Å². The first-order chi connectivity index (χ1) is 5.41. The van der Waals surface area contributed by atoms with Crippen molar-refractivity contribution in [2.45, 2.75) is 19.0 Å². The van der Waals surface area contributed by atoms with Gasteiger partial charge in [0.2, 0.25) is 0 Å². The molecule has 1 N–H and O–H groups in total. The van der Waals surface area contributed by atoms with Crippen molar-refractivity contribution < 1.29 is 23.5 Å². The number of hydrogen-bond donors (Lipinski definition) is 1. The van der Waals surface area contributed by atoms with Gasteiger partial charge >= 0.3 is 11.8 Å². The summed E-state index contributed by atoms with van der Waals surface area (Å²) in [7, 11) is 0. The largest absolute Gasteiger partial charge is 0.389 e. The van der Waals surface area contributed by atoms with Crippen molar-refractivity contribution >= 4 is 5.91 Å². The summed E-state index contributed by atoms with van der Waals surface area (Å²) in [5.41, 5.74) is 0. The molecule has 0 saturated carbocycles. The minimum absolute atomic E-state index is 0.109. The molecule has 1 aliphatic rings. The van der Waals surface area contributed by atoms with Crippen LogP contribution < -0.4 is 0 Å². The summed E-state index contributed by atoms with van der Waals surface area (Å²) in [4.78, 5) is 15.3. The summed E-state index contributed by atoms with van der Waals surface area (Å²) in [6, 6.07) is 0. The number of aliphatic hydroxyl groups is 1. The summed E-state index contributed by atoms with van der Waals surface area (Å²) >= 11 is 0. The van der Waals surface area contributed by atoms with Crippen LogP contribution in [0.5, 0.6) is 0 Å². The van der Waals surface area contributed by atoms with E-state index in [1.165, 1.54) is 0 Å². The van der Waals surface area contributed by atoms with Gasteiger partial charge in [-0.15, -0.1) is 0 Å². The molecule has 6 heteroatoms. The number of hydroxylamine groups is 2. The lowest BCUT2D eigenvalue weighted by Crippen LogP contribution is -2.40. The minimum Gasteiger partial charge on any atom is -0.389 e. The Bertz CT molecular complexity index is 192. The molecule has 1 aliphatic heterocycles. The third-order valence-electron chi connectivity index (χ3n) is 1.40. The topological polar surface area (TPSA) is 49.8 Å². The van der Waals surface area contributed by atoms with Crippen LogP contribution in [0.15, 0.2) is 0 Å². The fourth-order valence-corrected chi connectivity index (χ4v) is 0.833. The van der Waals surface area contributed by atoms with Crippen LogP contribution in [0.4, 0.5) is 8.78 Å². The fourth-order valence-electron chi connectivity index (χ4n) is 0.833. The maximum Gasteiger partial charge on any atom is 0.324 e. The Hall–Kier alpha value is -0.750. The van der Waals surface area contributed by atoms with Crippen LogP contribution in [0.2, 0.25) is 0 Å². The lowest BCUT2D eigenvalue weighted by Gasteiger charge is -2.17. The van der Waals surface area contributed by atoms with Crippen molar-refractivity contribution in [3.63, 3.8) is 0 Å². The van der Waals surface area contributed by atoms with Crippen molar-refractivity contribution in [3.05, 3.63) is 0 Å². The van der Waals surface area contributed by atoms with E-state index in [0.29, 0.717) is 12.0 Å². The molecule has 0 aliphatic carbocycles. The molecule has 12 heavy (non-hydrogen) atoms. The van der Waals surface area contributed by atoms with Gasteiger partial charge in [-0.2, -0.15) is 8.78 Å². The Morgan fingerprint density at radius 1 is 1.75 bits per heavy atom. The Morgan fingerprint density at radius 2 is 2.33 bits per heavy atom. The van der Waals surface area contributed by atoms with Gasteiger partial charge in [0, 0.05) is 6.92 Å². The van der Waals surface area contributed by atoms with Crippen LogP contribution in [0.1, 0.15) is 6.92 Å². The highest BCUT2D eigenvalue weighted by Gasteiger charge is 2.40. The summed E-state index contributed by atoms with van der Waals surface area (Å²) in [6.45, 7) is 0.188. The molecular formula is C6H9F2NO3. The zero-order valence-electron chi connectivity index (χ0n) is 6.46. The second kappa shape index (κ2) is 2.95. The van der Waals surface area contributed by atoms with Crippen molar-refractivity contribution in [1.82, 2.24) is 5.06 Å². The average molecular weight is 181 g/mol. The van der Waals surface area contributed by atoms with E-state index in [0.717, 1.165) is 0 Å². The molecule has 0 aromatic carbocycles. The Kier molecular flexibility index (Phi) is 2.29. The van der Waals surface area contributed by atoms with Gasteiger partial charge in [0.1, 0.15) is 12.7 Å². The van der Waals surface area contributed by atoms with Crippen LogP contribution in [-0.4, -0.2) is 41.3 Å². The van der Waals surface area contributed by atoms with Gasteiger partial charge < -0.3 is 5.11 Å². The van der Waals surface area contributed by atoms with Gasteiger partial charge in [0.05, 0.1) is 6.54 Å². The zero-order valence-corrected chi connectivity index (χ0v) is 6.46. The monoisotopic (exact) mass is 181 g/mol. The molecule has 0 aromatic rings. The van der Waals surface area contributed by atoms with Crippen LogP contribution >= 0.6 is 0 Å². The number of carbonyl (C=O) groups is 1. The minimum atomic E-state index is -3.44. The third kappa shape index (κ3) is 1.89. The standard InChI is InChI=1S/C6H9F2NO3/c1-6(7,8)5(11)9-2-4(10)3-12-9/h4,10H,2-3H2,1H3. The van der Waals surface area contributed by atoms with E-state index in [9.17, 15) is 13.6 Å². The lowest BCUT2D eigenvalue weighted by molar-refractivity contribution is -0.191. The van der Waals surface area contributed by atoms with E-state index < -0.39 is 17.9 Å². The van der Waals surface area contributed by atoms with Gasteiger partial charge in [0.15, 0.2) is 0 Å². The Morgan fingerprint density at radius 3 is 2.67 bits per heavy atom. The quantitative estimate of drug-likeness (QED) is 0.608. The molecule has 0 aromatic heterocycles. The number of amides is 1. The number of aliphatic hydroxyl groups excluding tert-OH is 1. The fraction of sp³-hybridized carbons (Fsp3) is 0.833. The molecule has 0 radical (unpaired) electrons. The molecule has 1 fully saturated rings. The van der Waals surface area contributed by atoms with E-state index in [2.05, 4.69) is 4.84 Å². The van der Waals surface area contributed by atoms with E-state index in [-0.39, 0.29) is 13.2 Å². The molecule has 4 nitrogen and oxygen atoms in total. The molecule has 1 rings (SSSR count). The molecule has 1 amide bonds. The SMILES string of the molecule is CC(F)(F)C(=O)N1CC(O)CO1. The summed E-state index contributed by atoms with van der Waals surface area (Å²) in [6.07, 6.45) is -0.865. The van der Waals surface area contributed by atoms with Crippen LogP contribution in [0.3, 0.4) is 0 Å². The Labute approximate surface area is 67.7 Å². The molecule has 1 unspecified atom stereocenters. The van der Waals surface area contributed by atoms with E-state index >= 15 is 0 Å². The first-order valence-electron chi connectivity index (χ1n) is 3.42. The van der Waals surface area contributed by atoms with Crippen molar-refractivity contribution in [1.29, 1.82) is 0 Å². The van der Waals surface area contributed by atoms with Crippen molar-refractivity contribution in [3.8, 4) is 0 Å². The van der Waals surface area contributed by atoms with E-state index in [4.69, 9.17) is 5.11 Å². The van der Waals surface area contributed by atoms with E-state index in [1.54, 1.807) is 0 Å². The zero-order chi connectivity index (χ0) is 9.35. The first-order valence-corrected chi connectivity index (χ1v) is 3.42. The number of carbonyl (C=O) groups excluding carboxylic acids is 1. The maximum absolute atomic E-state index is 12.3.